The van der Waals surface area contributed by atoms with Crippen molar-refractivity contribution in [3.05, 3.63) is 29.6 Å². The SMILES string of the molecule is CCNC(C1CCc2cccnc21)C(C)S(C)(=O)=O. The van der Waals surface area contributed by atoms with Crippen LogP contribution in [0.15, 0.2) is 18.3 Å². The number of hydrogen-bond donors (Lipinski definition) is 1. The summed E-state index contributed by atoms with van der Waals surface area (Å²) in [7, 11) is -3.05. The molecule has 1 aliphatic carbocycles. The summed E-state index contributed by atoms with van der Waals surface area (Å²) >= 11 is 0. The molecule has 0 fully saturated rings. The molecule has 1 aliphatic rings. The van der Waals surface area contributed by atoms with Gasteiger partial charge in [-0.25, -0.2) is 8.42 Å². The molecule has 1 aromatic rings. The van der Waals surface area contributed by atoms with Gasteiger partial charge in [-0.15, -0.1) is 0 Å². The minimum absolute atomic E-state index is 0.0591. The molecule has 0 spiro atoms. The Morgan fingerprint density at radius 2 is 2.26 bits per heavy atom. The first-order valence-electron chi connectivity index (χ1n) is 6.81. The molecule has 0 saturated carbocycles. The van der Waals surface area contributed by atoms with Crippen LogP contribution in [0.1, 0.15) is 37.4 Å². The maximum absolute atomic E-state index is 11.9. The zero-order valence-electron chi connectivity index (χ0n) is 11.8. The fraction of sp³-hybridized carbons (Fsp3) is 0.643. The third-order valence-corrected chi connectivity index (χ3v) is 5.70. The van der Waals surface area contributed by atoms with Crippen molar-refractivity contribution in [2.75, 3.05) is 12.8 Å². The van der Waals surface area contributed by atoms with Gasteiger partial charge >= 0.3 is 0 Å². The highest BCUT2D eigenvalue weighted by atomic mass is 32.2. The zero-order valence-corrected chi connectivity index (χ0v) is 12.6. The monoisotopic (exact) mass is 282 g/mol. The van der Waals surface area contributed by atoms with E-state index in [9.17, 15) is 8.42 Å². The van der Waals surface area contributed by atoms with E-state index in [0.717, 1.165) is 25.1 Å². The third-order valence-electron chi connectivity index (χ3n) is 4.06. The Kier molecular flexibility index (Phi) is 4.26. The van der Waals surface area contributed by atoms with Gasteiger partial charge in [0.05, 0.1) is 5.25 Å². The highest BCUT2D eigenvalue weighted by Crippen LogP contribution is 2.35. The summed E-state index contributed by atoms with van der Waals surface area (Å²) in [5, 5.41) is 2.95. The molecular formula is C14H22N2O2S. The lowest BCUT2D eigenvalue weighted by Crippen LogP contribution is -2.46. The minimum Gasteiger partial charge on any atom is -0.312 e. The molecule has 2 rings (SSSR count). The van der Waals surface area contributed by atoms with Gasteiger partial charge in [-0.2, -0.15) is 0 Å². The van der Waals surface area contributed by atoms with E-state index >= 15 is 0 Å². The number of hydrogen-bond acceptors (Lipinski definition) is 4. The molecule has 0 aliphatic heterocycles. The van der Waals surface area contributed by atoms with E-state index in [2.05, 4.69) is 16.4 Å². The molecule has 0 radical (unpaired) electrons. The standard InChI is InChI=1S/C14H22N2O2S/c1-4-15-13(10(2)19(3,17)18)12-8-7-11-6-5-9-16-14(11)12/h5-6,9-10,12-13,15H,4,7-8H2,1-3H3. The quantitative estimate of drug-likeness (QED) is 0.889. The van der Waals surface area contributed by atoms with Gasteiger partial charge in [-0.05, 0) is 37.9 Å². The maximum Gasteiger partial charge on any atom is 0.151 e. The van der Waals surface area contributed by atoms with E-state index in [1.54, 1.807) is 13.1 Å². The lowest BCUT2D eigenvalue weighted by molar-refractivity contribution is 0.417. The second kappa shape index (κ2) is 5.59. The predicted molar refractivity (Wildman–Crippen MR) is 77.1 cm³/mol. The first-order valence-corrected chi connectivity index (χ1v) is 8.76. The van der Waals surface area contributed by atoms with E-state index in [-0.39, 0.29) is 12.0 Å². The van der Waals surface area contributed by atoms with Crippen molar-refractivity contribution in [2.45, 2.75) is 43.9 Å². The summed E-state index contributed by atoms with van der Waals surface area (Å²) in [6.07, 6.45) is 5.08. The van der Waals surface area contributed by atoms with Crippen LogP contribution < -0.4 is 5.32 Å². The van der Waals surface area contributed by atoms with Crippen LogP contribution in [-0.2, 0) is 16.3 Å². The molecule has 1 heterocycles. The number of rotatable bonds is 5. The van der Waals surface area contributed by atoms with E-state index in [1.165, 1.54) is 11.8 Å². The summed E-state index contributed by atoms with van der Waals surface area (Å²) in [4.78, 5) is 4.47. The highest BCUT2D eigenvalue weighted by Gasteiger charge is 2.37. The fourth-order valence-electron chi connectivity index (χ4n) is 2.93. The third kappa shape index (κ3) is 2.98. The van der Waals surface area contributed by atoms with Crippen molar-refractivity contribution in [1.82, 2.24) is 10.3 Å². The van der Waals surface area contributed by atoms with Crippen LogP contribution >= 0.6 is 0 Å². The molecule has 3 unspecified atom stereocenters. The van der Waals surface area contributed by atoms with Gasteiger partial charge in [-0.1, -0.05) is 13.0 Å². The van der Waals surface area contributed by atoms with Crippen molar-refractivity contribution in [1.29, 1.82) is 0 Å². The lowest BCUT2D eigenvalue weighted by Gasteiger charge is -2.29. The number of sulfone groups is 1. The average Bonchev–Trinajstić information content (AvgIpc) is 2.78. The molecule has 4 nitrogen and oxygen atoms in total. The van der Waals surface area contributed by atoms with Gasteiger partial charge in [0.1, 0.15) is 0 Å². The number of likely N-dealkylation sites (N-methyl/N-ethyl adjacent to an activating group) is 1. The Labute approximate surface area is 115 Å². The van der Waals surface area contributed by atoms with E-state index in [0.29, 0.717) is 0 Å². The van der Waals surface area contributed by atoms with Crippen molar-refractivity contribution in [2.24, 2.45) is 0 Å². The van der Waals surface area contributed by atoms with Crippen LogP contribution in [-0.4, -0.2) is 37.5 Å². The van der Waals surface area contributed by atoms with Gasteiger partial charge in [-0.3, -0.25) is 4.98 Å². The van der Waals surface area contributed by atoms with Gasteiger partial charge in [0.2, 0.25) is 0 Å². The predicted octanol–water partition coefficient (Wildman–Crippen LogP) is 1.52. The van der Waals surface area contributed by atoms with Crippen LogP contribution in [0.2, 0.25) is 0 Å². The number of fused-ring (bicyclic) bond motifs is 1. The summed E-state index contributed by atoms with van der Waals surface area (Å²) in [5.74, 6) is 0.195. The Bertz CT molecular complexity index is 542. The summed E-state index contributed by atoms with van der Waals surface area (Å²) in [6.45, 7) is 4.57. The second-order valence-corrected chi connectivity index (χ2v) is 7.71. The Morgan fingerprint density at radius 3 is 2.89 bits per heavy atom. The Hall–Kier alpha value is -0.940. The first kappa shape index (κ1) is 14.5. The molecule has 1 aromatic heterocycles. The fourth-order valence-corrected chi connectivity index (χ4v) is 3.75. The van der Waals surface area contributed by atoms with Gasteiger partial charge in [0, 0.05) is 30.1 Å². The molecule has 0 amide bonds. The molecule has 0 aromatic carbocycles. The number of pyridine rings is 1. The van der Waals surface area contributed by atoms with Gasteiger partial charge in [0.25, 0.3) is 0 Å². The molecule has 5 heteroatoms. The molecule has 1 N–H and O–H groups in total. The average molecular weight is 282 g/mol. The Balaban J connectivity index is 2.32. The van der Waals surface area contributed by atoms with Crippen LogP contribution in [0, 0.1) is 0 Å². The molecule has 0 bridgehead atoms. The van der Waals surface area contributed by atoms with Crippen molar-refractivity contribution >= 4 is 9.84 Å². The van der Waals surface area contributed by atoms with Crippen molar-refractivity contribution in [3.8, 4) is 0 Å². The van der Waals surface area contributed by atoms with Crippen LogP contribution in [0.4, 0.5) is 0 Å². The normalized spacial score (nSPS) is 21.9. The van der Waals surface area contributed by atoms with Crippen LogP contribution in [0.5, 0.6) is 0 Å². The van der Waals surface area contributed by atoms with Crippen LogP contribution in [0.25, 0.3) is 0 Å². The van der Waals surface area contributed by atoms with Gasteiger partial charge in [0.15, 0.2) is 9.84 Å². The number of aryl methyl sites for hydroxylation is 1. The van der Waals surface area contributed by atoms with E-state index in [4.69, 9.17) is 0 Å². The summed E-state index contributed by atoms with van der Waals surface area (Å²) in [6, 6.07) is 3.98. The zero-order chi connectivity index (χ0) is 14.0. The van der Waals surface area contributed by atoms with Crippen molar-refractivity contribution in [3.63, 3.8) is 0 Å². The topological polar surface area (TPSA) is 59.1 Å². The first-order chi connectivity index (χ1) is 8.95. The molecule has 0 saturated heterocycles. The van der Waals surface area contributed by atoms with Crippen LogP contribution in [0.3, 0.4) is 0 Å². The second-order valence-electron chi connectivity index (χ2n) is 5.31. The lowest BCUT2D eigenvalue weighted by atomic mass is 9.94. The molecular weight excluding hydrogens is 260 g/mol. The molecule has 19 heavy (non-hydrogen) atoms. The van der Waals surface area contributed by atoms with E-state index in [1.807, 2.05) is 13.0 Å². The van der Waals surface area contributed by atoms with E-state index < -0.39 is 15.1 Å². The Morgan fingerprint density at radius 1 is 1.53 bits per heavy atom. The number of nitrogens with one attached hydrogen (secondary N) is 1. The summed E-state index contributed by atoms with van der Waals surface area (Å²) in [5.41, 5.74) is 2.33. The number of aromatic nitrogens is 1. The highest BCUT2D eigenvalue weighted by molar-refractivity contribution is 7.91. The largest absolute Gasteiger partial charge is 0.312 e. The maximum atomic E-state index is 11.9. The smallest absolute Gasteiger partial charge is 0.151 e. The summed E-state index contributed by atoms with van der Waals surface area (Å²) < 4.78 is 23.7. The number of nitrogens with zero attached hydrogens (tertiary/aromatic N) is 1. The minimum atomic E-state index is -3.05. The molecule has 106 valence electrons. The molecule has 3 atom stereocenters. The van der Waals surface area contributed by atoms with Gasteiger partial charge < -0.3 is 5.32 Å². The van der Waals surface area contributed by atoms with Crippen molar-refractivity contribution < 1.29 is 8.42 Å².